The van der Waals surface area contributed by atoms with Crippen LogP contribution in [0.25, 0.3) is 11.0 Å². The summed E-state index contributed by atoms with van der Waals surface area (Å²) >= 11 is 0. The van der Waals surface area contributed by atoms with Gasteiger partial charge in [-0.15, -0.1) is 0 Å². The molecule has 0 aliphatic rings. The molecular weight excluding hydrogens is 372 g/mol. The smallest absolute Gasteiger partial charge is 0.383 e. The second-order valence-corrected chi connectivity index (χ2v) is 6.33. The minimum absolute atomic E-state index is 0.0700. The molecule has 0 amide bonds. The molecule has 0 saturated carbocycles. The van der Waals surface area contributed by atoms with Crippen LogP contribution in [-0.2, 0) is 4.79 Å². The third kappa shape index (κ3) is 6.82. The molecule has 1 aromatic carbocycles. The van der Waals surface area contributed by atoms with E-state index in [9.17, 15) is 9.59 Å². The highest BCUT2D eigenvalue weighted by atomic mass is 16.6. The summed E-state index contributed by atoms with van der Waals surface area (Å²) < 4.78 is 22.0. The van der Waals surface area contributed by atoms with E-state index < -0.39 is 11.6 Å². The van der Waals surface area contributed by atoms with Crippen molar-refractivity contribution in [3.63, 3.8) is 0 Å². The average Bonchev–Trinajstić information content (AvgIpc) is 2.69. The number of hydrogen-bond acceptors (Lipinski definition) is 6. The summed E-state index contributed by atoms with van der Waals surface area (Å²) in [5.41, 5.74) is -0.428. The van der Waals surface area contributed by atoms with E-state index in [1.807, 2.05) is 19.1 Å². The van der Waals surface area contributed by atoms with E-state index in [4.69, 9.17) is 18.6 Å². The molecule has 0 saturated heterocycles. The highest BCUT2D eigenvalue weighted by Gasteiger charge is 2.19. The van der Waals surface area contributed by atoms with E-state index in [1.165, 1.54) is 6.92 Å². The molecule has 2 rings (SSSR count). The van der Waals surface area contributed by atoms with Crippen LogP contribution < -0.4 is 19.8 Å². The summed E-state index contributed by atoms with van der Waals surface area (Å²) in [6.45, 7) is 6.16. The molecular formula is C23H28O6. The Hall–Kier alpha value is -3.02. The van der Waals surface area contributed by atoms with Crippen molar-refractivity contribution in [3.8, 4) is 17.2 Å². The maximum Gasteiger partial charge on any atom is 0.383 e. The Labute approximate surface area is 170 Å². The van der Waals surface area contributed by atoms with Crippen LogP contribution in [-0.4, -0.2) is 19.2 Å². The van der Waals surface area contributed by atoms with Gasteiger partial charge in [0.2, 0.25) is 5.75 Å². The number of esters is 1. The number of fused-ring (bicyclic) bond motifs is 1. The fraction of sp³-hybridized carbons (Fsp3) is 0.391. The minimum atomic E-state index is -0.698. The van der Waals surface area contributed by atoms with Crippen LogP contribution in [0.15, 0.2) is 51.7 Å². The second-order valence-electron chi connectivity index (χ2n) is 6.33. The van der Waals surface area contributed by atoms with Crippen molar-refractivity contribution >= 4 is 16.9 Å². The van der Waals surface area contributed by atoms with Gasteiger partial charge in [0.05, 0.1) is 18.6 Å². The lowest BCUT2D eigenvalue weighted by Crippen LogP contribution is -2.13. The highest BCUT2D eigenvalue weighted by Crippen LogP contribution is 2.34. The molecule has 0 unspecified atom stereocenters. The van der Waals surface area contributed by atoms with Gasteiger partial charge in [-0.2, -0.15) is 0 Å². The predicted octanol–water partition coefficient (Wildman–Crippen LogP) is 5.19. The molecule has 156 valence electrons. The van der Waals surface area contributed by atoms with Gasteiger partial charge in [0.15, 0.2) is 5.75 Å². The van der Waals surface area contributed by atoms with E-state index in [0.29, 0.717) is 24.2 Å². The van der Waals surface area contributed by atoms with Gasteiger partial charge in [-0.05, 0) is 37.8 Å². The van der Waals surface area contributed by atoms with E-state index >= 15 is 0 Å². The van der Waals surface area contributed by atoms with Crippen LogP contribution in [0.2, 0.25) is 0 Å². The Bertz CT molecular complexity index is 923. The summed E-state index contributed by atoms with van der Waals surface area (Å²) in [4.78, 5) is 24.0. The number of rotatable bonds is 11. The normalized spacial score (nSPS) is 11.4. The highest BCUT2D eigenvalue weighted by molar-refractivity contribution is 5.89. The maximum atomic E-state index is 12.4. The lowest BCUT2D eigenvalue weighted by molar-refractivity contribution is -0.131. The summed E-state index contributed by atoms with van der Waals surface area (Å²) in [6, 6.07) is 5.05. The molecule has 0 atom stereocenters. The third-order valence-electron chi connectivity index (χ3n) is 3.93. The lowest BCUT2D eigenvalue weighted by atomic mass is 10.2. The molecule has 1 heterocycles. The van der Waals surface area contributed by atoms with Gasteiger partial charge in [0.1, 0.15) is 11.3 Å². The van der Waals surface area contributed by atoms with Crippen molar-refractivity contribution in [2.45, 2.75) is 46.5 Å². The molecule has 6 heteroatoms. The van der Waals surface area contributed by atoms with Crippen molar-refractivity contribution in [1.29, 1.82) is 0 Å². The zero-order chi connectivity index (χ0) is 21.1. The molecule has 2 aromatic rings. The SMILES string of the molecule is CCC=CCCOc1ccc2c(OC(C)=O)c(OCCC=CCC)c(=O)oc2c1. The molecule has 1 aromatic heterocycles. The quantitative estimate of drug-likeness (QED) is 0.224. The standard InChI is InChI=1S/C23H28O6/c1-4-6-8-10-14-26-18-12-13-19-20(16-18)29-23(25)22(21(19)28-17(3)24)27-15-11-9-7-5-2/h6-9,12-13,16H,4-5,10-11,14-15H2,1-3H3. The average molecular weight is 400 g/mol. The molecule has 0 bridgehead atoms. The number of allylic oxidation sites excluding steroid dienone is 2. The number of hydrogen-bond donors (Lipinski definition) is 0. The first-order chi connectivity index (χ1) is 14.1. The van der Waals surface area contributed by atoms with Crippen LogP contribution in [0.5, 0.6) is 17.2 Å². The van der Waals surface area contributed by atoms with Gasteiger partial charge in [-0.3, -0.25) is 4.79 Å². The summed E-state index contributed by atoms with van der Waals surface area (Å²) in [5.74, 6) is -0.00928. The zero-order valence-corrected chi connectivity index (χ0v) is 17.2. The molecule has 0 aliphatic heterocycles. The van der Waals surface area contributed by atoms with E-state index in [0.717, 1.165) is 19.3 Å². The maximum absolute atomic E-state index is 12.4. The van der Waals surface area contributed by atoms with Gasteiger partial charge in [-0.25, -0.2) is 4.79 Å². The first-order valence-corrected chi connectivity index (χ1v) is 9.91. The summed E-state index contributed by atoms with van der Waals surface area (Å²) in [7, 11) is 0. The molecule has 0 fully saturated rings. The van der Waals surface area contributed by atoms with E-state index in [-0.39, 0.29) is 23.7 Å². The predicted molar refractivity (Wildman–Crippen MR) is 113 cm³/mol. The topological polar surface area (TPSA) is 75.0 Å². The van der Waals surface area contributed by atoms with Gasteiger partial charge in [0, 0.05) is 13.0 Å². The van der Waals surface area contributed by atoms with E-state index in [2.05, 4.69) is 19.1 Å². The Morgan fingerprint density at radius 2 is 1.62 bits per heavy atom. The van der Waals surface area contributed by atoms with Crippen molar-refractivity contribution in [1.82, 2.24) is 0 Å². The van der Waals surface area contributed by atoms with Gasteiger partial charge in [-0.1, -0.05) is 38.2 Å². The number of carbonyl (C=O) groups excluding carboxylic acids is 1. The van der Waals surface area contributed by atoms with Gasteiger partial charge in [0.25, 0.3) is 0 Å². The third-order valence-corrected chi connectivity index (χ3v) is 3.93. The molecule has 0 N–H and O–H groups in total. The van der Waals surface area contributed by atoms with Gasteiger partial charge >= 0.3 is 11.6 Å². The second kappa shape index (κ2) is 11.7. The van der Waals surface area contributed by atoms with E-state index in [1.54, 1.807) is 18.2 Å². The lowest BCUT2D eigenvalue weighted by Gasteiger charge is -2.12. The number of carbonyl (C=O) groups is 1. The van der Waals surface area contributed by atoms with Gasteiger partial charge < -0.3 is 18.6 Å². The zero-order valence-electron chi connectivity index (χ0n) is 17.2. The Morgan fingerprint density at radius 1 is 0.966 bits per heavy atom. The monoisotopic (exact) mass is 400 g/mol. The van der Waals surface area contributed by atoms with Crippen LogP contribution in [0.1, 0.15) is 46.5 Å². The van der Waals surface area contributed by atoms with Crippen LogP contribution in [0.3, 0.4) is 0 Å². The molecule has 6 nitrogen and oxygen atoms in total. The molecule has 29 heavy (non-hydrogen) atoms. The first-order valence-electron chi connectivity index (χ1n) is 9.91. The van der Waals surface area contributed by atoms with Crippen LogP contribution >= 0.6 is 0 Å². The van der Waals surface area contributed by atoms with Crippen LogP contribution in [0, 0.1) is 0 Å². The van der Waals surface area contributed by atoms with Crippen LogP contribution in [0.4, 0.5) is 0 Å². The Morgan fingerprint density at radius 3 is 2.24 bits per heavy atom. The molecule has 0 aliphatic carbocycles. The first kappa shape index (κ1) is 22.3. The molecule has 0 spiro atoms. The largest absolute Gasteiger partial charge is 0.493 e. The van der Waals surface area contributed by atoms with Crippen molar-refractivity contribution in [2.75, 3.05) is 13.2 Å². The van der Waals surface area contributed by atoms with Crippen molar-refractivity contribution in [3.05, 3.63) is 52.9 Å². The Balaban J connectivity index is 2.27. The van der Waals surface area contributed by atoms with Crippen molar-refractivity contribution in [2.24, 2.45) is 0 Å². The fourth-order valence-corrected chi connectivity index (χ4v) is 2.64. The van der Waals surface area contributed by atoms with Crippen molar-refractivity contribution < 1.29 is 23.4 Å². The minimum Gasteiger partial charge on any atom is -0.493 e. The Kier molecular flexibility index (Phi) is 9.02. The summed E-state index contributed by atoms with van der Waals surface area (Å²) in [6.07, 6.45) is 11.4. The summed E-state index contributed by atoms with van der Waals surface area (Å²) in [5, 5.41) is 0.470. The number of ether oxygens (including phenoxy) is 3. The number of benzene rings is 1. The fourth-order valence-electron chi connectivity index (χ4n) is 2.64. The molecule has 0 radical (unpaired) electrons.